The second-order valence-electron chi connectivity index (χ2n) is 6.59. The molecule has 0 aromatic heterocycles. The predicted molar refractivity (Wildman–Crippen MR) is 81.0 cm³/mol. The topological polar surface area (TPSA) is 38.0 Å². The molecule has 3 rings (SSSR count). The number of nitrogens with two attached hydrogens (primary N) is 1. The van der Waals surface area contributed by atoms with Crippen LogP contribution < -0.4 is 11.1 Å². The van der Waals surface area contributed by atoms with Crippen LogP contribution in [0.2, 0.25) is 0 Å². The lowest BCUT2D eigenvalue weighted by atomic mass is 9.77. The Morgan fingerprint density at radius 1 is 1.16 bits per heavy atom. The van der Waals surface area contributed by atoms with Crippen LogP contribution in [0.4, 0.5) is 5.69 Å². The molecule has 2 nitrogen and oxygen atoms in total. The third-order valence-corrected chi connectivity index (χ3v) is 5.37. The van der Waals surface area contributed by atoms with Crippen molar-refractivity contribution in [2.75, 3.05) is 5.73 Å². The first-order chi connectivity index (χ1) is 9.15. The van der Waals surface area contributed by atoms with Gasteiger partial charge in [-0.2, -0.15) is 0 Å². The predicted octanol–water partition coefficient (Wildman–Crippen LogP) is 3.67. The van der Waals surface area contributed by atoms with Crippen LogP contribution in [0.3, 0.4) is 0 Å². The summed E-state index contributed by atoms with van der Waals surface area (Å²) in [5, 5.41) is 3.93. The minimum Gasteiger partial charge on any atom is -0.399 e. The Morgan fingerprint density at radius 3 is 2.84 bits per heavy atom. The summed E-state index contributed by atoms with van der Waals surface area (Å²) < 4.78 is 0. The van der Waals surface area contributed by atoms with Crippen LogP contribution in [0, 0.1) is 11.8 Å². The lowest BCUT2D eigenvalue weighted by Gasteiger charge is -2.36. The normalized spacial score (nSPS) is 34.2. The van der Waals surface area contributed by atoms with Crippen LogP contribution in [0.5, 0.6) is 0 Å². The number of nitrogen functional groups attached to an aromatic ring is 1. The Hall–Kier alpha value is -1.02. The molecule has 0 saturated heterocycles. The van der Waals surface area contributed by atoms with E-state index in [4.69, 9.17) is 5.73 Å². The molecule has 0 radical (unpaired) electrons. The molecule has 0 bridgehead atoms. The minimum absolute atomic E-state index is 0.549. The first-order valence-corrected chi connectivity index (χ1v) is 7.79. The Kier molecular flexibility index (Phi) is 3.53. The van der Waals surface area contributed by atoms with Gasteiger partial charge in [0.25, 0.3) is 0 Å². The van der Waals surface area contributed by atoms with Gasteiger partial charge in [0.1, 0.15) is 0 Å². The summed E-state index contributed by atoms with van der Waals surface area (Å²) in [7, 11) is 0. The van der Waals surface area contributed by atoms with Crippen molar-refractivity contribution in [3.63, 3.8) is 0 Å². The molecule has 19 heavy (non-hydrogen) atoms. The summed E-state index contributed by atoms with van der Waals surface area (Å²) in [5.41, 5.74) is 9.72. The summed E-state index contributed by atoms with van der Waals surface area (Å²) in [6, 6.07) is 7.67. The molecule has 0 amide bonds. The maximum atomic E-state index is 5.88. The van der Waals surface area contributed by atoms with E-state index in [1.807, 2.05) is 6.07 Å². The van der Waals surface area contributed by atoms with Gasteiger partial charge < -0.3 is 11.1 Å². The maximum Gasteiger partial charge on any atom is 0.0328 e. The Morgan fingerprint density at radius 2 is 2.00 bits per heavy atom. The molecule has 2 heteroatoms. The number of fused-ring (bicyclic) bond motifs is 1. The van der Waals surface area contributed by atoms with Crippen molar-refractivity contribution >= 4 is 5.69 Å². The number of hydrogen-bond donors (Lipinski definition) is 2. The van der Waals surface area contributed by atoms with E-state index < -0.39 is 0 Å². The molecule has 4 atom stereocenters. The molecule has 2 aliphatic rings. The summed E-state index contributed by atoms with van der Waals surface area (Å²) in [5.74, 6) is 1.66. The molecule has 0 aliphatic heterocycles. The fraction of sp³-hybridized carbons (Fsp3) is 0.647. The van der Waals surface area contributed by atoms with E-state index in [0.29, 0.717) is 12.1 Å². The molecule has 1 aromatic carbocycles. The van der Waals surface area contributed by atoms with Gasteiger partial charge in [0.15, 0.2) is 0 Å². The minimum atomic E-state index is 0.549. The van der Waals surface area contributed by atoms with Crippen molar-refractivity contribution in [2.45, 2.75) is 58.0 Å². The molecule has 4 unspecified atom stereocenters. The van der Waals surface area contributed by atoms with Crippen LogP contribution in [0.1, 0.15) is 56.7 Å². The molecule has 0 heterocycles. The second kappa shape index (κ2) is 5.16. The highest BCUT2D eigenvalue weighted by atomic mass is 15.0. The summed E-state index contributed by atoms with van der Waals surface area (Å²) in [6.45, 7) is 4.82. The first kappa shape index (κ1) is 13.0. The van der Waals surface area contributed by atoms with Gasteiger partial charge in [0.05, 0.1) is 0 Å². The summed E-state index contributed by atoms with van der Waals surface area (Å²) in [4.78, 5) is 0. The van der Waals surface area contributed by atoms with Crippen molar-refractivity contribution in [3.8, 4) is 0 Å². The maximum absolute atomic E-state index is 5.88. The highest BCUT2D eigenvalue weighted by Crippen LogP contribution is 2.36. The van der Waals surface area contributed by atoms with Crippen LogP contribution in [0.25, 0.3) is 0 Å². The molecule has 1 fully saturated rings. The third kappa shape index (κ3) is 2.51. The molecular formula is C17H26N2. The van der Waals surface area contributed by atoms with Gasteiger partial charge >= 0.3 is 0 Å². The van der Waals surface area contributed by atoms with E-state index in [1.165, 1.54) is 43.2 Å². The van der Waals surface area contributed by atoms with E-state index >= 15 is 0 Å². The summed E-state index contributed by atoms with van der Waals surface area (Å²) >= 11 is 0. The van der Waals surface area contributed by atoms with Gasteiger partial charge in [-0.15, -0.1) is 0 Å². The van der Waals surface area contributed by atoms with Gasteiger partial charge in [-0.1, -0.05) is 32.8 Å². The monoisotopic (exact) mass is 258 g/mol. The fourth-order valence-electron chi connectivity index (χ4n) is 3.89. The first-order valence-electron chi connectivity index (χ1n) is 7.79. The highest BCUT2D eigenvalue weighted by Gasteiger charge is 2.31. The van der Waals surface area contributed by atoms with Crippen LogP contribution >= 0.6 is 0 Å². The molecule has 1 aromatic rings. The van der Waals surface area contributed by atoms with Gasteiger partial charge in [0, 0.05) is 17.8 Å². The Labute approximate surface area is 116 Å². The van der Waals surface area contributed by atoms with Crippen LogP contribution in [-0.2, 0) is 6.42 Å². The van der Waals surface area contributed by atoms with Gasteiger partial charge in [-0.3, -0.25) is 0 Å². The molecule has 2 aliphatic carbocycles. The number of benzene rings is 1. The van der Waals surface area contributed by atoms with Crippen LogP contribution in [-0.4, -0.2) is 6.04 Å². The zero-order chi connectivity index (χ0) is 13.4. The largest absolute Gasteiger partial charge is 0.399 e. The van der Waals surface area contributed by atoms with Crippen LogP contribution in [0.15, 0.2) is 18.2 Å². The molecule has 104 valence electrons. The second-order valence-corrected chi connectivity index (χ2v) is 6.59. The Balaban J connectivity index is 1.72. The Bertz CT molecular complexity index is 455. The van der Waals surface area contributed by atoms with E-state index in [0.717, 1.165) is 17.5 Å². The van der Waals surface area contributed by atoms with E-state index in [-0.39, 0.29) is 0 Å². The van der Waals surface area contributed by atoms with E-state index in [1.54, 1.807) is 0 Å². The van der Waals surface area contributed by atoms with Crippen molar-refractivity contribution in [1.82, 2.24) is 5.32 Å². The standard InChI is InChI=1S/C17H26N2/c1-11-4-3-5-16(12(11)2)19-17-9-6-13-10-14(18)7-8-15(13)17/h7-8,10-12,16-17,19H,3-6,9,18H2,1-2H3. The quantitative estimate of drug-likeness (QED) is 0.794. The van der Waals surface area contributed by atoms with Gasteiger partial charge in [0.2, 0.25) is 0 Å². The van der Waals surface area contributed by atoms with Crippen molar-refractivity contribution in [2.24, 2.45) is 11.8 Å². The lowest BCUT2D eigenvalue weighted by molar-refractivity contribution is 0.193. The molecule has 0 spiro atoms. The average Bonchev–Trinajstić information content (AvgIpc) is 2.77. The lowest BCUT2D eigenvalue weighted by Crippen LogP contribution is -2.41. The SMILES string of the molecule is CC1CCCC(NC2CCc3cc(N)ccc32)C1C. The van der Waals surface area contributed by atoms with Crippen molar-refractivity contribution in [1.29, 1.82) is 0 Å². The van der Waals surface area contributed by atoms with Gasteiger partial charge in [-0.05, 0) is 54.4 Å². The smallest absolute Gasteiger partial charge is 0.0328 e. The fourth-order valence-corrected chi connectivity index (χ4v) is 3.89. The van der Waals surface area contributed by atoms with E-state index in [2.05, 4.69) is 31.3 Å². The molecule has 1 saturated carbocycles. The zero-order valence-electron chi connectivity index (χ0n) is 12.2. The number of nitrogens with one attached hydrogen (secondary N) is 1. The van der Waals surface area contributed by atoms with Crippen molar-refractivity contribution < 1.29 is 0 Å². The number of aryl methyl sites for hydroxylation is 1. The molecule has 3 N–H and O–H groups in total. The molecular weight excluding hydrogens is 232 g/mol. The van der Waals surface area contributed by atoms with E-state index in [9.17, 15) is 0 Å². The average molecular weight is 258 g/mol. The number of hydrogen-bond acceptors (Lipinski definition) is 2. The summed E-state index contributed by atoms with van der Waals surface area (Å²) in [6.07, 6.45) is 6.53. The third-order valence-electron chi connectivity index (χ3n) is 5.37. The highest BCUT2D eigenvalue weighted by molar-refractivity contribution is 5.47. The van der Waals surface area contributed by atoms with Gasteiger partial charge in [-0.25, -0.2) is 0 Å². The number of rotatable bonds is 2. The zero-order valence-corrected chi connectivity index (χ0v) is 12.2. The number of anilines is 1. The van der Waals surface area contributed by atoms with Crippen molar-refractivity contribution in [3.05, 3.63) is 29.3 Å².